The van der Waals surface area contributed by atoms with Crippen molar-refractivity contribution in [3.63, 3.8) is 0 Å². The average molecular weight is 384 g/mol. The van der Waals surface area contributed by atoms with E-state index >= 15 is 0 Å². The topological polar surface area (TPSA) is 151 Å². The number of aromatic nitrogens is 2. The van der Waals surface area contributed by atoms with Crippen molar-refractivity contribution in [3.8, 4) is 0 Å². The fourth-order valence-corrected chi connectivity index (χ4v) is 4.72. The normalized spacial score (nSPS) is 29.4. The van der Waals surface area contributed by atoms with Crippen molar-refractivity contribution in [2.45, 2.75) is 30.5 Å². The van der Waals surface area contributed by atoms with Crippen LogP contribution in [0.3, 0.4) is 0 Å². The second-order valence-electron chi connectivity index (χ2n) is 5.60. The number of halogens is 1. The summed E-state index contributed by atoms with van der Waals surface area (Å²) in [6.07, 6.45) is -2.88. The van der Waals surface area contributed by atoms with E-state index in [-0.39, 0.29) is 17.9 Å². The molecule has 0 aliphatic carbocycles. The molecule has 10 nitrogen and oxygen atoms in total. The number of hydrogen-bond acceptors (Lipinski definition) is 7. The first-order chi connectivity index (χ1) is 11.1. The van der Waals surface area contributed by atoms with Crippen LogP contribution in [0.1, 0.15) is 12.6 Å². The quantitative estimate of drug-likeness (QED) is 0.475. The second-order valence-corrected chi connectivity index (χ2v) is 7.75. The Morgan fingerprint density at radius 3 is 2.67 bits per heavy atom. The van der Waals surface area contributed by atoms with Crippen molar-refractivity contribution < 1.29 is 33.1 Å². The summed E-state index contributed by atoms with van der Waals surface area (Å²) in [4.78, 5) is 42.7. The Bertz CT molecular complexity index is 802. The molecule has 3 heterocycles. The van der Waals surface area contributed by atoms with E-state index in [9.17, 15) is 23.7 Å². The summed E-state index contributed by atoms with van der Waals surface area (Å²) < 4.78 is 35.7. The van der Waals surface area contributed by atoms with Crippen LogP contribution < -0.4 is 11.2 Å². The molecule has 0 amide bonds. The van der Waals surface area contributed by atoms with Crippen LogP contribution in [0.15, 0.2) is 15.8 Å². The number of nitrogens with one attached hydrogen (secondary N) is 1. The van der Waals surface area contributed by atoms with Crippen molar-refractivity contribution >= 4 is 19.6 Å². The first-order valence-electron chi connectivity index (χ1n) is 6.80. The van der Waals surface area contributed by atoms with E-state index in [0.29, 0.717) is 6.20 Å². The van der Waals surface area contributed by atoms with E-state index in [2.05, 4.69) is 0 Å². The molecule has 1 unspecified atom stereocenters. The minimum absolute atomic E-state index is 0.132. The predicted octanol–water partition coefficient (Wildman–Crippen LogP) is -1.08. The molecule has 1 aromatic rings. The van der Waals surface area contributed by atoms with Crippen molar-refractivity contribution in [1.29, 1.82) is 0 Å². The van der Waals surface area contributed by atoms with E-state index in [1.54, 1.807) is 4.98 Å². The van der Waals surface area contributed by atoms with Crippen LogP contribution >= 0.6 is 19.6 Å². The van der Waals surface area contributed by atoms with Gasteiger partial charge in [0.25, 0.3) is 5.56 Å². The maximum atomic E-state index is 13.4. The Kier molecular flexibility index (Phi) is 4.49. The van der Waals surface area contributed by atoms with Crippen molar-refractivity contribution in [1.82, 2.24) is 9.55 Å². The van der Waals surface area contributed by atoms with Crippen LogP contribution in [0.2, 0.25) is 0 Å². The summed E-state index contributed by atoms with van der Waals surface area (Å²) in [5, 5.41) is 10.2. The molecule has 2 saturated heterocycles. The monoisotopic (exact) mass is 384 g/mol. The third kappa shape index (κ3) is 3.23. The van der Waals surface area contributed by atoms with Gasteiger partial charge >= 0.3 is 13.5 Å². The van der Waals surface area contributed by atoms with Gasteiger partial charge in [0.05, 0.1) is 12.3 Å². The number of ether oxygens (including phenoxy) is 1. The molecule has 1 aromatic heterocycles. The van der Waals surface area contributed by atoms with E-state index in [4.69, 9.17) is 19.0 Å². The molecule has 0 aromatic carbocycles. The van der Waals surface area contributed by atoms with Crippen LogP contribution in [0.25, 0.3) is 0 Å². The molecule has 0 radical (unpaired) electrons. The number of aliphatic hydroxyl groups excluding tert-OH is 1. The lowest BCUT2D eigenvalue weighted by Gasteiger charge is -2.45. The van der Waals surface area contributed by atoms with E-state index < -0.39 is 48.9 Å². The Morgan fingerprint density at radius 2 is 2.12 bits per heavy atom. The number of phosphoric acid groups is 1. The molecule has 3 rings (SSSR count). The zero-order chi connectivity index (χ0) is 17.7. The summed E-state index contributed by atoms with van der Waals surface area (Å²) in [5.74, 6) is -0.834. The number of H-pyrrole nitrogens is 1. The molecule has 3 atom stereocenters. The smallest absolute Gasteiger partial charge is 0.390 e. The summed E-state index contributed by atoms with van der Waals surface area (Å²) >= 11 is 1.34. The maximum Gasteiger partial charge on any atom is 0.470 e. The molecular formula is C11H14FN2O8PS. The van der Waals surface area contributed by atoms with Crippen molar-refractivity contribution in [2.75, 3.05) is 11.5 Å². The van der Waals surface area contributed by atoms with Gasteiger partial charge in [-0.2, -0.15) is 16.2 Å². The summed E-state index contributed by atoms with van der Waals surface area (Å²) in [6, 6.07) is 0. The van der Waals surface area contributed by atoms with Gasteiger partial charge in [0, 0.05) is 17.9 Å². The molecule has 2 aliphatic heterocycles. The van der Waals surface area contributed by atoms with Gasteiger partial charge in [-0.25, -0.2) is 9.36 Å². The van der Waals surface area contributed by atoms with Crippen LogP contribution in [0.5, 0.6) is 0 Å². The highest BCUT2D eigenvalue weighted by molar-refractivity contribution is 8.00. The molecule has 13 heteroatoms. The fraction of sp³-hybridized carbons (Fsp3) is 0.636. The van der Waals surface area contributed by atoms with Crippen LogP contribution in [0, 0.1) is 5.82 Å². The van der Waals surface area contributed by atoms with Gasteiger partial charge in [-0.1, -0.05) is 0 Å². The highest BCUT2D eigenvalue weighted by Crippen LogP contribution is 2.52. The number of nitrogens with zero attached hydrogens (tertiary/aromatic N) is 1. The number of thioether (sulfide) groups is 1. The summed E-state index contributed by atoms with van der Waals surface area (Å²) in [7, 11) is -4.83. The minimum atomic E-state index is -4.83. The third-order valence-electron chi connectivity index (χ3n) is 3.84. The number of aliphatic hydroxyl groups is 1. The van der Waals surface area contributed by atoms with Crippen LogP contribution in [-0.4, -0.2) is 53.8 Å². The highest BCUT2D eigenvalue weighted by atomic mass is 32.2. The lowest BCUT2D eigenvalue weighted by Crippen LogP contribution is -2.58. The Hall–Kier alpha value is -1.01. The number of phosphoric ester groups is 1. The molecule has 0 saturated carbocycles. The zero-order valence-corrected chi connectivity index (χ0v) is 13.7. The van der Waals surface area contributed by atoms with Gasteiger partial charge in [0.2, 0.25) is 5.82 Å². The number of rotatable bonds is 4. The van der Waals surface area contributed by atoms with Gasteiger partial charge in [-0.15, -0.1) is 0 Å². The Labute approximate surface area is 137 Å². The molecule has 4 N–H and O–H groups in total. The standard InChI is InChI=1S/C11H14FN2O8PS/c12-5-2-14(10(17)13-9(5)16)7-1-6(15)8(21-7)11(3-24-4-11)22-23(18,19)20/h2,6-8,15H,1,3-4H2,(H,13,16,17)(H2,18,19,20)/t6?,7-,8+/m1/s1. The maximum absolute atomic E-state index is 13.4. The van der Waals surface area contributed by atoms with Gasteiger partial charge < -0.3 is 19.6 Å². The largest absolute Gasteiger partial charge is 0.470 e. The van der Waals surface area contributed by atoms with Gasteiger partial charge in [-0.05, 0) is 0 Å². The van der Waals surface area contributed by atoms with Gasteiger partial charge in [-0.3, -0.25) is 18.9 Å². The fourth-order valence-electron chi connectivity index (χ4n) is 2.78. The van der Waals surface area contributed by atoms with E-state index in [1.165, 1.54) is 11.8 Å². The Balaban J connectivity index is 1.87. The molecule has 2 fully saturated rings. The molecule has 24 heavy (non-hydrogen) atoms. The lowest BCUT2D eigenvalue weighted by atomic mass is 9.96. The zero-order valence-electron chi connectivity index (χ0n) is 12.0. The van der Waals surface area contributed by atoms with Crippen molar-refractivity contribution in [2.24, 2.45) is 0 Å². The molecule has 0 spiro atoms. The average Bonchev–Trinajstić information content (AvgIpc) is 2.79. The molecule has 134 valence electrons. The van der Waals surface area contributed by atoms with Crippen molar-refractivity contribution in [3.05, 3.63) is 32.9 Å². The SMILES string of the molecule is O=c1[nH]c(=O)n([C@H]2CC(O)[C@@H](C3(OP(=O)(O)O)CSC3)O2)cc1F. The minimum Gasteiger partial charge on any atom is -0.390 e. The molecule has 2 aliphatic rings. The second kappa shape index (κ2) is 6.06. The Morgan fingerprint density at radius 1 is 1.46 bits per heavy atom. The molecule has 0 bridgehead atoms. The summed E-state index contributed by atoms with van der Waals surface area (Å²) in [5.41, 5.74) is -3.50. The van der Waals surface area contributed by atoms with Gasteiger partial charge in [0.15, 0.2) is 0 Å². The first-order valence-corrected chi connectivity index (χ1v) is 9.48. The number of aromatic amines is 1. The lowest BCUT2D eigenvalue weighted by molar-refractivity contribution is -0.119. The van der Waals surface area contributed by atoms with E-state index in [0.717, 1.165) is 4.57 Å². The summed E-state index contributed by atoms with van der Waals surface area (Å²) in [6.45, 7) is 0. The van der Waals surface area contributed by atoms with Crippen LogP contribution in [0.4, 0.5) is 4.39 Å². The molecular weight excluding hydrogens is 370 g/mol. The van der Waals surface area contributed by atoms with Gasteiger partial charge in [0.1, 0.15) is 17.9 Å². The first kappa shape index (κ1) is 17.8. The highest BCUT2D eigenvalue weighted by Gasteiger charge is 2.57. The predicted molar refractivity (Wildman–Crippen MR) is 79.0 cm³/mol. The number of hydrogen-bond donors (Lipinski definition) is 4. The van der Waals surface area contributed by atoms with Crippen LogP contribution in [-0.2, 0) is 13.8 Å². The van der Waals surface area contributed by atoms with E-state index in [1.807, 2.05) is 0 Å². The third-order valence-corrected chi connectivity index (χ3v) is 5.83.